The molecule has 0 aliphatic carbocycles. The van der Waals surface area contributed by atoms with E-state index in [4.69, 9.17) is 23.2 Å². The molecule has 0 aliphatic heterocycles. The summed E-state index contributed by atoms with van der Waals surface area (Å²) in [5.74, 6) is -0.260. The first-order valence-electron chi connectivity index (χ1n) is 6.54. The molecule has 0 saturated heterocycles. The fraction of sp³-hybridized carbons (Fsp3) is 0.0625. The second kappa shape index (κ2) is 7.27. The maximum absolute atomic E-state index is 12.1. The summed E-state index contributed by atoms with van der Waals surface area (Å²) in [4.78, 5) is 12.2. The zero-order valence-electron chi connectivity index (χ0n) is 12.1. The highest BCUT2D eigenvalue weighted by Gasteiger charge is 2.11. The molecule has 0 fully saturated rings. The molecule has 1 N–H and O–H groups in total. The van der Waals surface area contributed by atoms with Crippen molar-refractivity contribution in [2.45, 2.75) is 4.90 Å². The first kappa shape index (κ1) is 17.7. The van der Waals surface area contributed by atoms with E-state index < -0.39 is 10.0 Å². The topological polar surface area (TPSA) is 63.2 Å². The van der Waals surface area contributed by atoms with Crippen LogP contribution >= 0.6 is 23.2 Å². The molecule has 4 nitrogen and oxygen atoms in total. The molecule has 0 heterocycles. The summed E-state index contributed by atoms with van der Waals surface area (Å²) in [5.41, 5.74) is 1.04. The van der Waals surface area contributed by atoms with E-state index in [0.29, 0.717) is 21.2 Å². The van der Waals surface area contributed by atoms with E-state index in [-0.39, 0.29) is 10.7 Å². The number of carbonyl (C=O) groups excluding carboxylic acids is 1. The number of benzene rings is 2. The summed E-state index contributed by atoms with van der Waals surface area (Å²) in [6, 6.07) is 10.6. The van der Waals surface area contributed by atoms with Crippen LogP contribution in [0.4, 0.5) is 0 Å². The van der Waals surface area contributed by atoms with Crippen molar-refractivity contribution in [1.29, 1.82) is 0 Å². The Balaban J connectivity index is 2.19. The van der Waals surface area contributed by atoms with Gasteiger partial charge in [-0.15, -0.1) is 0 Å². The lowest BCUT2D eigenvalue weighted by molar-refractivity contribution is 0.104. The van der Waals surface area contributed by atoms with Crippen LogP contribution in [-0.2, 0) is 10.0 Å². The first-order valence-corrected chi connectivity index (χ1v) is 8.78. The Labute approximate surface area is 144 Å². The number of allylic oxidation sites excluding steroid dienone is 1. The Morgan fingerprint density at radius 2 is 1.74 bits per heavy atom. The zero-order chi connectivity index (χ0) is 17.0. The Morgan fingerprint density at radius 1 is 1.09 bits per heavy atom. The molecule has 2 rings (SSSR count). The Morgan fingerprint density at radius 3 is 2.30 bits per heavy atom. The standard InChI is InChI=1S/C16H13Cl2NO3S/c1-19-23(21,22)14-7-3-12(4-8-14)16(20)9-5-11-2-6-13(17)10-15(11)18/h2-10,19H,1H3/b9-5+. The van der Waals surface area contributed by atoms with Gasteiger partial charge >= 0.3 is 0 Å². The second-order valence-electron chi connectivity index (χ2n) is 4.60. The highest BCUT2D eigenvalue weighted by atomic mass is 35.5. The van der Waals surface area contributed by atoms with E-state index in [9.17, 15) is 13.2 Å². The van der Waals surface area contributed by atoms with Crippen molar-refractivity contribution in [3.05, 3.63) is 69.7 Å². The molecule has 0 aromatic heterocycles. The van der Waals surface area contributed by atoms with E-state index in [1.807, 2.05) is 0 Å². The minimum Gasteiger partial charge on any atom is -0.289 e. The predicted octanol–water partition coefficient (Wildman–Crippen LogP) is 3.80. The summed E-state index contributed by atoms with van der Waals surface area (Å²) in [6.45, 7) is 0. The van der Waals surface area contributed by atoms with Gasteiger partial charge in [0.15, 0.2) is 5.78 Å². The van der Waals surface area contributed by atoms with Gasteiger partial charge < -0.3 is 0 Å². The smallest absolute Gasteiger partial charge is 0.240 e. The van der Waals surface area contributed by atoms with Gasteiger partial charge in [-0.3, -0.25) is 4.79 Å². The molecule has 0 amide bonds. The molecule has 0 saturated carbocycles. The summed E-state index contributed by atoms with van der Waals surface area (Å²) in [7, 11) is -2.19. The van der Waals surface area contributed by atoms with Crippen LogP contribution in [0.25, 0.3) is 6.08 Å². The molecule has 0 spiro atoms. The fourth-order valence-electron chi connectivity index (χ4n) is 1.81. The lowest BCUT2D eigenvalue weighted by Gasteiger charge is -2.03. The van der Waals surface area contributed by atoms with Crippen LogP contribution in [0.2, 0.25) is 10.0 Å². The predicted molar refractivity (Wildman–Crippen MR) is 92.5 cm³/mol. The number of hydrogen-bond acceptors (Lipinski definition) is 3. The van der Waals surface area contributed by atoms with Gasteiger partial charge in [-0.05, 0) is 61.2 Å². The molecular formula is C16H13Cl2NO3S. The molecule has 2 aromatic carbocycles. The van der Waals surface area contributed by atoms with Gasteiger partial charge in [-0.1, -0.05) is 29.3 Å². The Hall–Kier alpha value is -1.66. The van der Waals surface area contributed by atoms with Gasteiger partial charge in [0.1, 0.15) is 0 Å². The number of hydrogen-bond donors (Lipinski definition) is 1. The van der Waals surface area contributed by atoms with Gasteiger partial charge in [-0.2, -0.15) is 0 Å². The van der Waals surface area contributed by atoms with Gasteiger partial charge in [0.2, 0.25) is 10.0 Å². The molecule has 23 heavy (non-hydrogen) atoms. The minimum atomic E-state index is -3.51. The Kier molecular flexibility index (Phi) is 5.59. The van der Waals surface area contributed by atoms with E-state index in [2.05, 4.69) is 4.72 Å². The van der Waals surface area contributed by atoms with Gasteiger partial charge in [-0.25, -0.2) is 13.1 Å². The van der Waals surface area contributed by atoms with E-state index in [1.165, 1.54) is 37.4 Å². The van der Waals surface area contributed by atoms with Crippen LogP contribution in [0.15, 0.2) is 53.4 Å². The number of sulfonamides is 1. The molecule has 0 bridgehead atoms. The summed E-state index contributed by atoms with van der Waals surface area (Å²) >= 11 is 11.8. The number of ketones is 1. The van der Waals surface area contributed by atoms with E-state index in [1.54, 1.807) is 24.3 Å². The average molecular weight is 370 g/mol. The maximum Gasteiger partial charge on any atom is 0.240 e. The lowest BCUT2D eigenvalue weighted by atomic mass is 10.1. The maximum atomic E-state index is 12.1. The molecule has 2 aromatic rings. The fourth-order valence-corrected chi connectivity index (χ4v) is 3.02. The number of carbonyl (C=O) groups is 1. The van der Waals surface area contributed by atoms with Crippen LogP contribution in [0.5, 0.6) is 0 Å². The van der Waals surface area contributed by atoms with Crippen molar-refractivity contribution < 1.29 is 13.2 Å². The summed E-state index contributed by atoms with van der Waals surface area (Å²) < 4.78 is 25.5. The van der Waals surface area contributed by atoms with Crippen LogP contribution in [0, 0.1) is 0 Å². The first-order chi connectivity index (χ1) is 10.8. The molecule has 0 radical (unpaired) electrons. The van der Waals surface area contributed by atoms with E-state index >= 15 is 0 Å². The third kappa shape index (κ3) is 4.42. The van der Waals surface area contributed by atoms with Gasteiger partial charge in [0.25, 0.3) is 0 Å². The van der Waals surface area contributed by atoms with Crippen LogP contribution in [0.3, 0.4) is 0 Å². The van der Waals surface area contributed by atoms with Crippen molar-refractivity contribution in [2.75, 3.05) is 7.05 Å². The lowest BCUT2D eigenvalue weighted by Crippen LogP contribution is -2.18. The highest BCUT2D eigenvalue weighted by Crippen LogP contribution is 2.22. The minimum absolute atomic E-state index is 0.0984. The largest absolute Gasteiger partial charge is 0.289 e. The van der Waals surface area contributed by atoms with Crippen molar-refractivity contribution in [2.24, 2.45) is 0 Å². The number of halogens is 2. The van der Waals surface area contributed by atoms with Crippen LogP contribution in [0.1, 0.15) is 15.9 Å². The molecule has 7 heteroatoms. The molecule has 0 unspecified atom stereocenters. The molecular weight excluding hydrogens is 357 g/mol. The monoisotopic (exact) mass is 369 g/mol. The molecule has 0 atom stereocenters. The summed E-state index contributed by atoms with van der Waals surface area (Å²) in [5, 5.41) is 0.955. The van der Waals surface area contributed by atoms with Crippen molar-refractivity contribution in [3.63, 3.8) is 0 Å². The third-order valence-corrected chi connectivity index (χ3v) is 5.09. The molecule has 0 aliphatic rings. The summed E-state index contributed by atoms with van der Waals surface area (Å²) in [6.07, 6.45) is 2.95. The SMILES string of the molecule is CNS(=O)(=O)c1ccc(C(=O)/C=C/c2ccc(Cl)cc2Cl)cc1. The highest BCUT2D eigenvalue weighted by molar-refractivity contribution is 7.89. The third-order valence-electron chi connectivity index (χ3n) is 3.09. The van der Waals surface area contributed by atoms with Gasteiger partial charge in [0.05, 0.1) is 4.90 Å². The number of nitrogens with one attached hydrogen (secondary N) is 1. The average Bonchev–Trinajstić information content (AvgIpc) is 2.54. The van der Waals surface area contributed by atoms with Crippen LogP contribution in [-0.4, -0.2) is 21.2 Å². The molecule has 120 valence electrons. The van der Waals surface area contributed by atoms with E-state index in [0.717, 1.165) is 0 Å². The van der Waals surface area contributed by atoms with Crippen molar-refractivity contribution >= 4 is 45.1 Å². The van der Waals surface area contributed by atoms with Crippen molar-refractivity contribution in [3.8, 4) is 0 Å². The zero-order valence-corrected chi connectivity index (χ0v) is 14.4. The second-order valence-corrected chi connectivity index (χ2v) is 7.33. The van der Waals surface area contributed by atoms with Crippen LogP contribution < -0.4 is 4.72 Å². The Bertz CT molecular complexity index is 859. The van der Waals surface area contributed by atoms with Crippen molar-refractivity contribution in [1.82, 2.24) is 4.72 Å². The normalized spacial score (nSPS) is 11.8. The van der Waals surface area contributed by atoms with Gasteiger partial charge in [0, 0.05) is 15.6 Å². The number of rotatable bonds is 5. The quantitative estimate of drug-likeness (QED) is 0.643.